The van der Waals surface area contributed by atoms with Crippen molar-refractivity contribution in [3.63, 3.8) is 0 Å². The number of para-hydroxylation sites is 1. The van der Waals surface area contributed by atoms with Crippen LogP contribution in [0.3, 0.4) is 0 Å². The molecular weight excluding hydrogens is 441 g/mol. The fourth-order valence-corrected chi connectivity index (χ4v) is 3.44. The monoisotopic (exact) mass is 462 g/mol. The highest BCUT2D eigenvalue weighted by Gasteiger charge is 2.30. The summed E-state index contributed by atoms with van der Waals surface area (Å²) in [5.41, 5.74) is 7.36. The standard InChI is InChI=1S/C24H22ClF3N2O2/c1-32-21-5-3-2-4-20(21)22(29)23(31)30(19-12-10-18(25)11-13-19)15-14-16-6-8-17(9-7-16)24(26,27)28/h2-13,22H,14-15,29H2,1H3. The molecule has 0 aliphatic heterocycles. The van der Waals surface area contributed by atoms with Crippen molar-refractivity contribution in [1.29, 1.82) is 0 Å². The highest BCUT2D eigenvalue weighted by molar-refractivity contribution is 6.30. The molecule has 3 aromatic rings. The Morgan fingerprint density at radius 1 is 1.03 bits per heavy atom. The molecule has 0 saturated heterocycles. The summed E-state index contributed by atoms with van der Waals surface area (Å²) < 4.78 is 43.8. The number of hydrogen-bond acceptors (Lipinski definition) is 3. The van der Waals surface area contributed by atoms with Crippen LogP contribution >= 0.6 is 11.6 Å². The molecule has 3 aromatic carbocycles. The number of nitrogens with two attached hydrogens (primary N) is 1. The maximum absolute atomic E-state index is 13.4. The Balaban J connectivity index is 1.85. The van der Waals surface area contributed by atoms with Gasteiger partial charge >= 0.3 is 6.18 Å². The Morgan fingerprint density at radius 2 is 1.66 bits per heavy atom. The molecule has 0 bridgehead atoms. The second-order valence-electron chi connectivity index (χ2n) is 7.13. The lowest BCUT2D eigenvalue weighted by molar-refractivity contribution is -0.137. The van der Waals surface area contributed by atoms with Gasteiger partial charge in [0.25, 0.3) is 0 Å². The molecule has 4 nitrogen and oxygen atoms in total. The van der Waals surface area contributed by atoms with Gasteiger partial charge in [-0.1, -0.05) is 41.9 Å². The van der Waals surface area contributed by atoms with Gasteiger partial charge in [-0.15, -0.1) is 0 Å². The molecule has 1 amide bonds. The normalized spacial score (nSPS) is 12.3. The first-order chi connectivity index (χ1) is 15.2. The second kappa shape index (κ2) is 10.1. The first-order valence-corrected chi connectivity index (χ1v) is 10.2. The number of nitrogens with zero attached hydrogens (tertiary/aromatic N) is 1. The van der Waals surface area contributed by atoms with Crippen LogP contribution in [0.4, 0.5) is 18.9 Å². The predicted molar refractivity (Wildman–Crippen MR) is 119 cm³/mol. The van der Waals surface area contributed by atoms with Gasteiger partial charge < -0.3 is 15.4 Å². The average molecular weight is 463 g/mol. The van der Waals surface area contributed by atoms with Crippen molar-refractivity contribution in [2.75, 3.05) is 18.6 Å². The van der Waals surface area contributed by atoms with E-state index >= 15 is 0 Å². The van der Waals surface area contributed by atoms with Crippen LogP contribution in [-0.4, -0.2) is 19.6 Å². The number of halogens is 4. The molecule has 8 heteroatoms. The third kappa shape index (κ3) is 5.60. The molecule has 2 N–H and O–H groups in total. The molecule has 0 heterocycles. The minimum absolute atomic E-state index is 0.217. The largest absolute Gasteiger partial charge is 0.496 e. The van der Waals surface area contributed by atoms with Gasteiger partial charge in [0, 0.05) is 22.8 Å². The van der Waals surface area contributed by atoms with E-state index in [0.717, 1.165) is 12.1 Å². The number of alkyl halides is 3. The van der Waals surface area contributed by atoms with Gasteiger partial charge in [-0.05, 0) is 54.4 Å². The molecule has 0 spiro atoms. The number of benzene rings is 3. The SMILES string of the molecule is COc1ccccc1C(N)C(=O)N(CCc1ccc(C(F)(F)F)cc1)c1ccc(Cl)cc1. The maximum Gasteiger partial charge on any atom is 0.416 e. The van der Waals surface area contributed by atoms with E-state index in [4.69, 9.17) is 22.1 Å². The molecule has 0 radical (unpaired) electrons. The summed E-state index contributed by atoms with van der Waals surface area (Å²) in [4.78, 5) is 14.9. The number of ether oxygens (including phenoxy) is 1. The van der Waals surface area contributed by atoms with E-state index in [9.17, 15) is 18.0 Å². The van der Waals surface area contributed by atoms with Crippen molar-refractivity contribution in [3.05, 3.63) is 94.5 Å². The summed E-state index contributed by atoms with van der Waals surface area (Å²) in [6, 6.07) is 17.6. The number of hydrogen-bond donors (Lipinski definition) is 1. The quantitative estimate of drug-likeness (QED) is 0.494. The molecule has 0 fully saturated rings. The Kier molecular flexibility index (Phi) is 7.43. The van der Waals surface area contributed by atoms with Crippen LogP contribution in [-0.2, 0) is 17.4 Å². The van der Waals surface area contributed by atoms with E-state index in [2.05, 4.69) is 0 Å². The minimum atomic E-state index is -4.40. The molecule has 1 unspecified atom stereocenters. The van der Waals surface area contributed by atoms with Crippen molar-refractivity contribution in [2.45, 2.75) is 18.6 Å². The summed E-state index contributed by atoms with van der Waals surface area (Å²) >= 11 is 5.98. The highest BCUT2D eigenvalue weighted by atomic mass is 35.5. The van der Waals surface area contributed by atoms with Gasteiger partial charge in [-0.3, -0.25) is 4.79 Å². The highest BCUT2D eigenvalue weighted by Crippen LogP contribution is 2.30. The number of amides is 1. The number of methoxy groups -OCH3 is 1. The molecule has 1 atom stereocenters. The minimum Gasteiger partial charge on any atom is -0.496 e. The molecule has 32 heavy (non-hydrogen) atoms. The number of anilines is 1. The van der Waals surface area contributed by atoms with E-state index < -0.39 is 17.8 Å². The van der Waals surface area contributed by atoms with Crippen molar-refractivity contribution in [2.24, 2.45) is 5.73 Å². The van der Waals surface area contributed by atoms with E-state index in [1.54, 1.807) is 48.5 Å². The van der Waals surface area contributed by atoms with Crippen molar-refractivity contribution < 1.29 is 22.7 Å². The van der Waals surface area contributed by atoms with Gasteiger partial charge in [0.2, 0.25) is 5.91 Å². The van der Waals surface area contributed by atoms with Crippen molar-refractivity contribution in [3.8, 4) is 5.75 Å². The molecule has 0 aromatic heterocycles. The Hall–Kier alpha value is -3.03. The molecule has 0 saturated carbocycles. The first kappa shape index (κ1) is 23.6. The van der Waals surface area contributed by atoms with Crippen LogP contribution in [0.5, 0.6) is 5.75 Å². The molecule has 0 aliphatic rings. The van der Waals surface area contributed by atoms with Crippen LogP contribution in [0.15, 0.2) is 72.8 Å². The van der Waals surface area contributed by atoms with Gasteiger partial charge in [-0.2, -0.15) is 13.2 Å². The third-order valence-electron chi connectivity index (χ3n) is 5.05. The zero-order valence-corrected chi connectivity index (χ0v) is 18.0. The van der Waals surface area contributed by atoms with Crippen molar-refractivity contribution in [1.82, 2.24) is 0 Å². The summed E-state index contributed by atoms with van der Waals surface area (Å²) in [7, 11) is 1.50. The summed E-state index contributed by atoms with van der Waals surface area (Å²) in [6.07, 6.45) is -4.06. The van der Waals surface area contributed by atoms with E-state index in [0.29, 0.717) is 34.0 Å². The lowest BCUT2D eigenvalue weighted by atomic mass is 10.0. The van der Waals surface area contributed by atoms with Crippen LogP contribution in [0.2, 0.25) is 5.02 Å². The van der Waals surface area contributed by atoms with E-state index in [-0.39, 0.29) is 12.5 Å². The van der Waals surface area contributed by atoms with Crippen LogP contribution in [0.1, 0.15) is 22.7 Å². The Labute approximate surface area is 189 Å². The Morgan fingerprint density at radius 3 is 2.25 bits per heavy atom. The first-order valence-electron chi connectivity index (χ1n) is 9.82. The molecule has 0 aliphatic carbocycles. The number of rotatable bonds is 7. The van der Waals surface area contributed by atoms with E-state index in [1.165, 1.54) is 24.1 Å². The van der Waals surface area contributed by atoms with E-state index in [1.807, 2.05) is 0 Å². The van der Waals surface area contributed by atoms with Gasteiger partial charge in [0.05, 0.1) is 12.7 Å². The average Bonchev–Trinajstić information content (AvgIpc) is 2.79. The topological polar surface area (TPSA) is 55.6 Å². The summed E-state index contributed by atoms with van der Waals surface area (Å²) in [5, 5.41) is 0.512. The van der Waals surface area contributed by atoms with Gasteiger partial charge in [0.1, 0.15) is 11.8 Å². The summed E-state index contributed by atoms with van der Waals surface area (Å²) in [5.74, 6) is 0.121. The zero-order valence-electron chi connectivity index (χ0n) is 17.3. The Bertz CT molecular complexity index is 1050. The zero-order chi connectivity index (χ0) is 23.3. The predicted octanol–water partition coefficient (Wildman–Crippen LogP) is 5.64. The fourth-order valence-electron chi connectivity index (χ4n) is 3.31. The van der Waals surface area contributed by atoms with Gasteiger partial charge in [0.15, 0.2) is 0 Å². The fraction of sp³-hybridized carbons (Fsp3) is 0.208. The third-order valence-corrected chi connectivity index (χ3v) is 5.30. The van der Waals surface area contributed by atoms with Crippen LogP contribution < -0.4 is 15.4 Å². The lowest BCUT2D eigenvalue weighted by Crippen LogP contribution is -2.40. The van der Waals surface area contributed by atoms with Gasteiger partial charge in [-0.25, -0.2) is 0 Å². The smallest absolute Gasteiger partial charge is 0.416 e. The molecule has 168 valence electrons. The van der Waals surface area contributed by atoms with Crippen molar-refractivity contribution >= 4 is 23.2 Å². The molecular formula is C24H22ClF3N2O2. The summed E-state index contributed by atoms with van der Waals surface area (Å²) in [6.45, 7) is 0.217. The van der Waals surface area contributed by atoms with Crippen LogP contribution in [0, 0.1) is 0 Å². The maximum atomic E-state index is 13.4. The number of carbonyl (C=O) groups is 1. The number of carbonyl (C=O) groups excluding carboxylic acids is 1. The molecule has 3 rings (SSSR count). The second-order valence-corrected chi connectivity index (χ2v) is 7.57. The van der Waals surface area contributed by atoms with Crippen LogP contribution in [0.25, 0.3) is 0 Å². The lowest BCUT2D eigenvalue weighted by Gasteiger charge is -2.27.